The van der Waals surface area contributed by atoms with E-state index in [1.165, 1.54) is 0 Å². The lowest BCUT2D eigenvalue weighted by atomic mass is 9.96. The number of hydrogen-bond acceptors (Lipinski definition) is 8. The van der Waals surface area contributed by atoms with Crippen LogP contribution in [0.15, 0.2) is 24.7 Å². The molecule has 0 radical (unpaired) electrons. The molecular formula is C17H19N9O. The average Bonchev–Trinajstić information content (AvgIpc) is 3.31. The van der Waals surface area contributed by atoms with Gasteiger partial charge in [-0.15, -0.1) is 15.3 Å². The van der Waals surface area contributed by atoms with Gasteiger partial charge < -0.3 is 9.64 Å². The molecule has 5 heterocycles. The van der Waals surface area contributed by atoms with Crippen LogP contribution < -0.4 is 9.64 Å². The highest BCUT2D eigenvalue weighted by Gasteiger charge is 2.27. The average molecular weight is 365 g/mol. The number of ether oxygens (including phenoxy) is 1. The Bertz CT molecular complexity index is 1110. The molecule has 5 rings (SSSR count). The zero-order chi connectivity index (χ0) is 18.4. The Morgan fingerprint density at radius 3 is 2.78 bits per heavy atom. The van der Waals surface area contributed by atoms with Gasteiger partial charge in [0, 0.05) is 32.1 Å². The van der Waals surface area contributed by atoms with Crippen LogP contribution in [0.5, 0.6) is 5.88 Å². The summed E-state index contributed by atoms with van der Waals surface area (Å²) in [4.78, 5) is 11.1. The number of hydrogen-bond donors (Lipinski definition) is 0. The van der Waals surface area contributed by atoms with Crippen LogP contribution in [0.3, 0.4) is 0 Å². The predicted molar refractivity (Wildman–Crippen MR) is 97.8 cm³/mol. The summed E-state index contributed by atoms with van der Waals surface area (Å²) in [6.07, 6.45) is 5.34. The van der Waals surface area contributed by atoms with Gasteiger partial charge in [-0.3, -0.25) is 4.68 Å². The first-order valence-electron chi connectivity index (χ1n) is 8.88. The molecule has 0 aromatic carbocycles. The van der Waals surface area contributed by atoms with Gasteiger partial charge >= 0.3 is 0 Å². The van der Waals surface area contributed by atoms with Gasteiger partial charge in [-0.25, -0.2) is 9.97 Å². The molecule has 0 unspecified atom stereocenters. The molecule has 1 saturated heterocycles. The first-order chi connectivity index (χ1) is 13.2. The lowest BCUT2D eigenvalue weighted by molar-refractivity contribution is 0.387. The number of aryl methyl sites for hydroxylation is 1. The molecule has 1 aliphatic heterocycles. The van der Waals surface area contributed by atoms with E-state index >= 15 is 0 Å². The topological polar surface area (TPSA) is 99.1 Å². The SMILES string of the molecule is COc1ccc2nnc(C3CCN(c4ncnc5c4cnn5C)CC3)n2n1. The zero-order valence-corrected chi connectivity index (χ0v) is 15.1. The third-order valence-electron chi connectivity index (χ3n) is 5.14. The number of nitrogens with zero attached hydrogens (tertiary/aromatic N) is 9. The van der Waals surface area contributed by atoms with Gasteiger partial charge in [0.15, 0.2) is 17.1 Å². The van der Waals surface area contributed by atoms with Crippen LogP contribution in [0.2, 0.25) is 0 Å². The van der Waals surface area contributed by atoms with Crippen molar-refractivity contribution in [3.8, 4) is 5.88 Å². The molecular weight excluding hydrogens is 346 g/mol. The molecule has 10 heteroatoms. The monoisotopic (exact) mass is 365 g/mol. The maximum absolute atomic E-state index is 5.23. The smallest absolute Gasteiger partial charge is 0.231 e. The molecule has 0 atom stereocenters. The molecule has 0 aliphatic carbocycles. The molecule has 138 valence electrons. The predicted octanol–water partition coefficient (Wildman–Crippen LogP) is 1.19. The van der Waals surface area contributed by atoms with Crippen LogP contribution in [0.25, 0.3) is 16.7 Å². The quantitative estimate of drug-likeness (QED) is 0.534. The van der Waals surface area contributed by atoms with Crippen molar-refractivity contribution in [2.75, 3.05) is 25.1 Å². The highest BCUT2D eigenvalue weighted by atomic mass is 16.5. The second-order valence-corrected chi connectivity index (χ2v) is 6.67. The van der Waals surface area contributed by atoms with Gasteiger partial charge in [-0.2, -0.15) is 9.61 Å². The fraction of sp³-hybridized carbons (Fsp3) is 0.412. The maximum atomic E-state index is 5.23. The molecule has 1 fully saturated rings. The van der Waals surface area contributed by atoms with Gasteiger partial charge in [0.1, 0.15) is 12.1 Å². The van der Waals surface area contributed by atoms with E-state index in [-0.39, 0.29) is 0 Å². The fourth-order valence-corrected chi connectivity index (χ4v) is 3.70. The van der Waals surface area contributed by atoms with E-state index in [4.69, 9.17) is 4.74 Å². The molecule has 0 bridgehead atoms. The molecule has 0 amide bonds. The number of anilines is 1. The Balaban J connectivity index is 1.40. The second-order valence-electron chi connectivity index (χ2n) is 6.67. The summed E-state index contributed by atoms with van der Waals surface area (Å²) in [6, 6.07) is 3.67. The van der Waals surface area contributed by atoms with Gasteiger partial charge in [-0.05, 0) is 18.9 Å². The summed E-state index contributed by atoms with van der Waals surface area (Å²) in [5.74, 6) is 2.68. The second kappa shape index (κ2) is 6.15. The van der Waals surface area contributed by atoms with E-state index in [2.05, 4.69) is 35.3 Å². The Labute approximate surface area is 154 Å². The lowest BCUT2D eigenvalue weighted by Gasteiger charge is -2.32. The molecule has 4 aromatic heterocycles. The summed E-state index contributed by atoms with van der Waals surface area (Å²) in [5.41, 5.74) is 1.59. The maximum Gasteiger partial charge on any atom is 0.231 e. The number of rotatable bonds is 3. The normalized spacial score (nSPS) is 15.7. The number of piperidine rings is 1. The highest BCUT2D eigenvalue weighted by molar-refractivity contribution is 5.86. The van der Waals surface area contributed by atoms with Gasteiger partial charge in [0.05, 0.1) is 18.7 Å². The fourth-order valence-electron chi connectivity index (χ4n) is 3.70. The molecule has 0 spiro atoms. The van der Waals surface area contributed by atoms with Crippen LogP contribution in [0.4, 0.5) is 5.82 Å². The van der Waals surface area contributed by atoms with Crippen LogP contribution in [-0.2, 0) is 7.05 Å². The van der Waals surface area contributed by atoms with Crippen molar-refractivity contribution in [1.82, 2.24) is 39.6 Å². The minimum absolute atomic E-state index is 0.294. The van der Waals surface area contributed by atoms with Crippen LogP contribution in [0.1, 0.15) is 24.6 Å². The third-order valence-corrected chi connectivity index (χ3v) is 5.14. The summed E-state index contributed by atoms with van der Waals surface area (Å²) in [7, 11) is 3.50. The van der Waals surface area contributed by atoms with Gasteiger partial charge in [0.2, 0.25) is 5.88 Å². The van der Waals surface area contributed by atoms with Crippen molar-refractivity contribution in [2.45, 2.75) is 18.8 Å². The van der Waals surface area contributed by atoms with E-state index in [1.54, 1.807) is 28.7 Å². The van der Waals surface area contributed by atoms with Crippen LogP contribution in [-0.4, -0.2) is 59.8 Å². The van der Waals surface area contributed by atoms with Crippen molar-refractivity contribution >= 4 is 22.5 Å². The summed E-state index contributed by atoms with van der Waals surface area (Å²) < 4.78 is 8.80. The minimum Gasteiger partial charge on any atom is -0.480 e. The Hall–Kier alpha value is -3.30. The third kappa shape index (κ3) is 2.56. The Morgan fingerprint density at radius 1 is 1.11 bits per heavy atom. The number of fused-ring (bicyclic) bond motifs is 2. The standard InChI is InChI=1S/C17H19N9O/c1-24-16-12(9-20-24)17(19-10-18-16)25-7-5-11(6-8-25)15-22-21-13-3-4-14(27-2)23-26(13)15/h3-4,9-11H,5-8H2,1-2H3. The Kier molecular flexibility index (Phi) is 3.62. The van der Waals surface area contributed by atoms with Crippen molar-refractivity contribution in [3.63, 3.8) is 0 Å². The van der Waals surface area contributed by atoms with Crippen LogP contribution >= 0.6 is 0 Å². The van der Waals surface area contributed by atoms with E-state index < -0.39 is 0 Å². The number of aromatic nitrogens is 8. The summed E-state index contributed by atoms with van der Waals surface area (Å²) in [5, 5.41) is 18.4. The molecule has 1 aliphatic rings. The highest BCUT2D eigenvalue weighted by Crippen LogP contribution is 2.31. The van der Waals surface area contributed by atoms with E-state index in [0.29, 0.717) is 11.8 Å². The van der Waals surface area contributed by atoms with Crippen molar-refractivity contribution < 1.29 is 4.74 Å². The van der Waals surface area contributed by atoms with E-state index in [0.717, 1.165) is 54.3 Å². The van der Waals surface area contributed by atoms with Crippen molar-refractivity contribution in [2.24, 2.45) is 7.05 Å². The summed E-state index contributed by atoms with van der Waals surface area (Å²) in [6.45, 7) is 1.76. The molecule has 27 heavy (non-hydrogen) atoms. The zero-order valence-electron chi connectivity index (χ0n) is 15.1. The molecule has 0 saturated carbocycles. The van der Waals surface area contributed by atoms with Gasteiger partial charge in [-0.1, -0.05) is 0 Å². The summed E-state index contributed by atoms with van der Waals surface area (Å²) >= 11 is 0. The minimum atomic E-state index is 0.294. The molecule has 4 aromatic rings. The first-order valence-corrected chi connectivity index (χ1v) is 8.88. The van der Waals surface area contributed by atoms with E-state index in [9.17, 15) is 0 Å². The van der Waals surface area contributed by atoms with E-state index in [1.807, 2.05) is 19.3 Å². The Morgan fingerprint density at radius 2 is 1.96 bits per heavy atom. The van der Waals surface area contributed by atoms with Crippen LogP contribution in [0, 0.1) is 0 Å². The molecule has 0 N–H and O–H groups in total. The van der Waals surface area contributed by atoms with Crippen molar-refractivity contribution in [1.29, 1.82) is 0 Å². The van der Waals surface area contributed by atoms with Gasteiger partial charge in [0.25, 0.3) is 0 Å². The molecule has 10 nitrogen and oxygen atoms in total. The number of methoxy groups -OCH3 is 1. The lowest BCUT2D eigenvalue weighted by Crippen LogP contribution is -2.34. The first kappa shape index (κ1) is 15.9. The van der Waals surface area contributed by atoms with Crippen molar-refractivity contribution in [3.05, 3.63) is 30.5 Å². The largest absolute Gasteiger partial charge is 0.480 e.